The minimum atomic E-state index is -4.62. The van der Waals surface area contributed by atoms with Gasteiger partial charge in [0, 0.05) is 17.6 Å². The fourth-order valence-corrected chi connectivity index (χ4v) is 4.08. The average molecular weight is 412 g/mol. The van der Waals surface area contributed by atoms with Crippen LogP contribution in [0.15, 0.2) is 24.4 Å². The molecule has 3 aromatic rings. The average Bonchev–Trinajstić information content (AvgIpc) is 2.87. The van der Waals surface area contributed by atoms with E-state index in [2.05, 4.69) is 10.2 Å². The number of fused-ring (bicyclic) bond motifs is 1. The molecule has 9 heteroatoms. The van der Waals surface area contributed by atoms with E-state index in [4.69, 9.17) is 11.6 Å². The molecule has 2 heterocycles. The van der Waals surface area contributed by atoms with Crippen molar-refractivity contribution in [2.45, 2.75) is 44.5 Å². The van der Waals surface area contributed by atoms with E-state index in [9.17, 15) is 23.4 Å². The van der Waals surface area contributed by atoms with Crippen LogP contribution in [0.2, 0.25) is 5.02 Å². The normalized spacial score (nSPS) is 22.5. The molecule has 0 amide bonds. The summed E-state index contributed by atoms with van der Waals surface area (Å²) in [4.78, 5) is 0. The summed E-state index contributed by atoms with van der Waals surface area (Å²) in [7, 11) is 0. The van der Waals surface area contributed by atoms with Gasteiger partial charge in [-0.3, -0.25) is 0 Å². The van der Waals surface area contributed by atoms with Gasteiger partial charge in [0.05, 0.1) is 27.4 Å². The van der Waals surface area contributed by atoms with Crippen molar-refractivity contribution in [1.82, 2.24) is 14.8 Å². The van der Waals surface area contributed by atoms with Crippen molar-refractivity contribution in [2.75, 3.05) is 0 Å². The molecule has 1 aliphatic rings. The second-order valence-corrected chi connectivity index (χ2v) is 8.00. The van der Waals surface area contributed by atoms with Crippen LogP contribution in [0, 0.1) is 6.92 Å². The molecule has 28 heavy (non-hydrogen) atoms. The lowest BCUT2D eigenvalue weighted by molar-refractivity contribution is -0.137. The highest BCUT2D eigenvalue weighted by Gasteiger charge is 2.40. The third-order valence-corrected chi connectivity index (χ3v) is 5.47. The number of halogens is 4. The summed E-state index contributed by atoms with van der Waals surface area (Å²) in [6, 6.07) is 3.15. The Morgan fingerprint density at radius 3 is 2.46 bits per heavy atom. The van der Waals surface area contributed by atoms with E-state index < -0.39 is 23.1 Å². The molecule has 0 radical (unpaired) electrons. The summed E-state index contributed by atoms with van der Waals surface area (Å²) in [5.41, 5.74) is -0.0214. The van der Waals surface area contributed by atoms with Gasteiger partial charge in [-0.1, -0.05) is 11.6 Å². The number of benzene rings is 1. The Hall–Kier alpha value is -2.32. The van der Waals surface area contributed by atoms with Gasteiger partial charge in [-0.15, -0.1) is 10.2 Å². The van der Waals surface area contributed by atoms with E-state index in [1.165, 1.54) is 0 Å². The van der Waals surface area contributed by atoms with Gasteiger partial charge < -0.3 is 14.8 Å². The third kappa shape index (κ3) is 3.10. The number of aryl methyl sites for hydroxylation is 1. The van der Waals surface area contributed by atoms with Crippen LogP contribution in [0.3, 0.4) is 0 Å². The summed E-state index contributed by atoms with van der Waals surface area (Å²) in [5.74, 6) is -0.611. The molecule has 4 rings (SSSR count). The number of hydrogen-bond donors (Lipinski definition) is 2. The molecule has 1 aliphatic carbocycles. The number of hydrogen-bond acceptors (Lipinski definition) is 4. The molecule has 0 bridgehead atoms. The Kier molecular flexibility index (Phi) is 4.13. The van der Waals surface area contributed by atoms with Gasteiger partial charge in [0.1, 0.15) is 5.75 Å². The lowest BCUT2D eigenvalue weighted by Crippen LogP contribution is -2.41. The first-order chi connectivity index (χ1) is 13.0. The molecule has 2 aromatic heterocycles. The SMILES string of the molecule is Cc1cn(C2CC(C)(O)C2)c2nnc(-c3c(O)cc(C(F)(F)F)cc3Cl)cc12. The van der Waals surface area contributed by atoms with Crippen LogP contribution in [0.25, 0.3) is 22.3 Å². The summed E-state index contributed by atoms with van der Waals surface area (Å²) < 4.78 is 40.6. The number of phenols is 1. The minimum Gasteiger partial charge on any atom is -0.507 e. The molecular weight excluding hydrogens is 395 g/mol. The van der Waals surface area contributed by atoms with Gasteiger partial charge in [0.15, 0.2) is 5.65 Å². The smallest absolute Gasteiger partial charge is 0.416 e. The van der Waals surface area contributed by atoms with Crippen molar-refractivity contribution in [3.63, 3.8) is 0 Å². The summed E-state index contributed by atoms with van der Waals surface area (Å²) in [6.07, 6.45) is -1.50. The topological polar surface area (TPSA) is 71.2 Å². The largest absolute Gasteiger partial charge is 0.507 e. The van der Waals surface area contributed by atoms with E-state index in [-0.39, 0.29) is 22.3 Å². The number of aromatic nitrogens is 3. The number of alkyl halides is 3. The highest BCUT2D eigenvalue weighted by atomic mass is 35.5. The van der Waals surface area contributed by atoms with Crippen LogP contribution >= 0.6 is 11.6 Å². The monoisotopic (exact) mass is 411 g/mol. The lowest BCUT2D eigenvalue weighted by Gasteiger charge is -2.41. The summed E-state index contributed by atoms with van der Waals surface area (Å²) in [5, 5.41) is 28.9. The number of aromatic hydroxyl groups is 1. The molecule has 1 aromatic carbocycles. The molecule has 0 unspecified atom stereocenters. The highest BCUT2D eigenvalue weighted by molar-refractivity contribution is 6.33. The maximum absolute atomic E-state index is 12.9. The molecule has 2 N–H and O–H groups in total. The van der Waals surface area contributed by atoms with Gasteiger partial charge in [0.2, 0.25) is 0 Å². The molecule has 0 atom stereocenters. The molecular formula is C19H17ClF3N3O2. The maximum atomic E-state index is 12.9. The minimum absolute atomic E-state index is 0.00259. The van der Waals surface area contributed by atoms with Crippen molar-refractivity contribution in [3.8, 4) is 17.0 Å². The van der Waals surface area contributed by atoms with Crippen LogP contribution < -0.4 is 0 Å². The summed E-state index contributed by atoms with van der Waals surface area (Å²) >= 11 is 6.02. The van der Waals surface area contributed by atoms with Gasteiger partial charge in [-0.05, 0) is 50.5 Å². The van der Waals surface area contributed by atoms with Crippen molar-refractivity contribution in [3.05, 3.63) is 40.5 Å². The molecule has 0 aliphatic heterocycles. The lowest BCUT2D eigenvalue weighted by atomic mass is 9.77. The Balaban J connectivity index is 1.78. The first kappa shape index (κ1) is 19.0. The Bertz CT molecular complexity index is 1060. The first-order valence-corrected chi connectivity index (χ1v) is 9.01. The van der Waals surface area contributed by atoms with Crippen LogP contribution in [0.5, 0.6) is 5.75 Å². The standard InChI is InChI=1S/C19H17ClF3N3O2/c1-9-8-26(11-6-18(2,28)7-11)17-12(9)5-14(24-25-17)16-13(20)3-10(4-15(16)27)19(21,22)23/h3-5,8,11,27-28H,6-7H2,1-2H3. The van der Waals surface area contributed by atoms with Gasteiger partial charge in [0.25, 0.3) is 0 Å². The number of rotatable bonds is 2. The van der Waals surface area contributed by atoms with Crippen molar-refractivity contribution < 1.29 is 23.4 Å². The van der Waals surface area contributed by atoms with E-state index in [1.54, 1.807) is 13.0 Å². The fourth-order valence-electron chi connectivity index (χ4n) is 3.77. The number of nitrogens with zero attached hydrogens (tertiary/aromatic N) is 3. The maximum Gasteiger partial charge on any atom is 0.416 e. The second kappa shape index (κ2) is 6.09. The van der Waals surface area contributed by atoms with Crippen molar-refractivity contribution in [2.24, 2.45) is 0 Å². The predicted molar refractivity (Wildman–Crippen MR) is 98.3 cm³/mol. The van der Waals surface area contributed by atoms with E-state index >= 15 is 0 Å². The van der Waals surface area contributed by atoms with Crippen LogP contribution in [0.4, 0.5) is 13.2 Å². The van der Waals surface area contributed by atoms with Gasteiger partial charge in [-0.25, -0.2) is 0 Å². The second-order valence-electron chi connectivity index (χ2n) is 7.60. The third-order valence-electron chi connectivity index (χ3n) is 5.17. The Morgan fingerprint density at radius 2 is 1.89 bits per heavy atom. The fraction of sp³-hybridized carbons (Fsp3) is 0.368. The predicted octanol–water partition coefficient (Wildman–Crippen LogP) is 4.87. The molecule has 1 saturated carbocycles. The van der Waals surface area contributed by atoms with Gasteiger partial charge in [-0.2, -0.15) is 13.2 Å². The van der Waals surface area contributed by atoms with E-state index in [1.807, 2.05) is 17.7 Å². The van der Waals surface area contributed by atoms with E-state index in [0.29, 0.717) is 24.6 Å². The zero-order chi connectivity index (χ0) is 20.4. The first-order valence-electron chi connectivity index (χ1n) is 8.63. The number of aliphatic hydroxyl groups is 1. The van der Waals surface area contributed by atoms with Crippen LogP contribution in [-0.2, 0) is 6.18 Å². The molecule has 0 spiro atoms. The Labute approximate surface area is 163 Å². The van der Waals surface area contributed by atoms with Crippen molar-refractivity contribution in [1.29, 1.82) is 0 Å². The van der Waals surface area contributed by atoms with Crippen LogP contribution in [0.1, 0.15) is 36.9 Å². The highest BCUT2D eigenvalue weighted by Crippen LogP contribution is 2.44. The van der Waals surface area contributed by atoms with Crippen molar-refractivity contribution >= 4 is 22.6 Å². The van der Waals surface area contributed by atoms with Gasteiger partial charge >= 0.3 is 6.18 Å². The Morgan fingerprint density at radius 1 is 1.21 bits per heavy atom. The van der Waals surface area contributed by atoms with Crippen LogP contribution in [-0.4, -0.2) is 30.6 Å². The zero-order valence-corrected chi connectivity index (χ0v) is 15.8. The quantitative estimate of drug-likeness (QED) is 0.631. The zero-order valence-electron chi connectivity index (χ0n) is 15.0. The molecule has 0 saturated heterocycles. The van der Waals surface area contributed by atoms with E-state index in [0.717, 1.165) is 17.0 Å². The molecule has 5 nitrogen and oxygen atoms in total. The summed E-state index contributed by atoms with van der Waals surface area (Å²) in [6.45, 7) is 3.66. The number of phenolic OH excluding ortho intramolecular Hbond substituents is 1. The molecule has 1 fully saturated rings. The molecule has 148 valence electrons.